The maximum absolute atomic E-state index is 13.8. The molecule has 4 heterocycles. The Balaban J connectivity index is 1.36. The smallest absolute Gasteiger partial charge is 0.257 e. The molecule has 53 heavy (non-hydrogen) atoms. The molecule has 8 nitrogen and oxygen atoms in total. The first-order valence-electron chi connectivity index (χ1n) is 16.9. The quantitative estimate of drug-likeness (QED) is 0.145. The van der Waals surface area contributed by atoms with E-state index < -0.39 is 0 Å². The number of aromatic amines is 1. The molecule has 0 saturated heterocycles. The second-order valence-electron chi connectivity index (χ2n) is 12.3. The molecule has 0 bridgehead atoms. The van der Waals surface area contributed by atoms with Gasteiger partial charge in [0, 0.05) is 45.4 Å². The molecule has 3 aromatic heterocycles. The molecule has 2 amide bonds. The van der Waals surface area contributed by atoms with Gasteiger partial charge in [0.15, 0.2) is 0 Å². The number of H-pyrrole nitrogens is 1. The normalized spacial score (nSPS) is 13.3. The Kier molecular flexibility index (Phi) is 9.29. The molecule has 0 atom stereocenters. The van der Waals surface area contributed by atoms with Gasteiger partial charge in [-0.3, -0.25) is 9.59 Å². The Bertz CT molecular complexity index is 2550. The van der Waals surface area contributed by atoms with Crippen LogP contribution in [0.3, 0.4) is 0 Å². The van der Waals surface area contributed by atoms with Crippen LogP contribution in [0.25, 0.3) is 38.9 Å². The molecule has 0 saturated carbocycles. The van der Waals surface area contributed by atoms with Crippen molar-refractivity contribution in [3.63, 3.8) is 0 Å². The summed E-state index contributed by atoms with van der Waals surface area (Å²) in [7, 11) is 0. The average Bonchev–Trinajstić information content (AvgIpc) is 4.00. The van der Waals surface area contributed by atoms with Gasteiger partial charge in [0.2, 0.25) is 0 Å². The molecule has 0 fully saturated rings. The van der Waals surface area contributed by atoms with Crippen molar-refractivity contribution in [2.45, 2.75) is 13.8 Å². The van der Waals surface area contributed by atoms with Crippen LogP contribution >= 0.6 is 22.7 Å². The zero-order valence-corrected chi connectivity index (χ0v) is 30.4. The number of amides is 2. The minimum absolute atomic E-state index is 0.239. The first kappa shape index (κ1) is 33.6. The van der Waals surface area contributed by atoms with Gasteiger partial charge in [-0.25, -0.2) is 15.0 Å². The number of rotatable bonds is 8. The second-order valence-corrected chi connectivity index (χ2v) is 14.1. The standard InChI is InChI=1S/C43H32N6O2S2/c1-26-13-9-11-19-30(26)40(50)48-38-36(42-44-21-23-52-42)34(28-15-5-3-6-16-28)32(46-38)25-33-35(29-17-7-4-8-18-29)37(43-45-22-24-53-43)39(47-33)49-41(51)31-20-12-10-14-27(31)2/h3-25,46H,1-2H3,(H,48,50)(H,47,49,51). The highest BCUT2D eigenvalue weighted by Gasteiger charge is 2.31. The third-order valence-corrected chi connectivity index (χ3v) is 10.5. The molecule has 7 aromatic rings. The zero-order chi connectivity index (χ0) is 36.3. The van der Waals surface area contributed by atoms with E-state index in [-0.39, 0.29) is 11.8 Å². The molecule has 258 valence electrons. The lowest BCUT2D eigenvalue weighted by Gasteiger charge is -2.11. The van der Waals surface area contributed by atoms with Gasteiger partial charge in [-0.1, -0.05) is 97.1 Å². The molecule has 1 aliphatic rings. The van der Waals surface area contributed by atoms with Crippen LogP contribution in [0.1, 0.15) is 48.1 Å². The monoisotopic (exact) mass is 728 g/mol. The average molecular weight is 729 g/mol. The highest BCUT2D eigenvalue weighted by atomic mass is 32.1. The van der Waals surface area contributed by atoms with Crippen molar-refractivity contribution in [3.8, 4) is 21.7 Å². The van der Waals surface area contributed by atoms with Gasteiger partial charge in [0.25, 0.3) is 11.8 Å². The summed E-state index contributed by atoms with van der Waals surface area (Å²) in [6, 6.07) is 35.0. The van der Waals surface area contributed by atoms with Crippen molar-refractivity contribution in [1.29, 1.82) is 0 Å². The summed E-state index contributed by atoms with van der Waals surface area (Å²) in [5.41, 5.74) is 9.17. The number of thiazole rings is 2. The van der Waals surface area contributed by atoms with Gasteiger partial charge < -0.3 is 15.6 Å². The molecule has 0 spiro atoms. The fraction of sp³-hybridized carbons (Fsp3) is 0.0465. The van der Waals surface area contributed by atoms with E-state index in [0.29, 0.717) is 34.2 Å². The van der Waals surface area contributed by atoms with E-state index in [4.69, 9.17) is 9.98 Å². The molecular weight excluding hydrogens is 697 g/mol. The SMILES string of the molecule is Cc1ccccc1C(=O)NC1=NC(=Cc2[nH]c(NC(=O)c3ccccc3C)c(-c3nccs3)c2-c2ccccc2)C(c2ccccc2)=C1c1nccs1. The van der Waals surface area contributed by atoms with Crippen LogP contribution in [-0.2, 0) is 0 Å². The largest absolute Gasteiger partial charge is 0.341 e. The summed E-state index contributed by atoms with van der Waals surface area (Å²) in [6.45, 7) is 3.83. The Hall–Kier alpha value is -6.49. The number of aryl methyl sites for hydroxylation is 2. The summed E-state index contributed by atoms with van der Waals surface area (Å²) in [5.74, 6) is 0.414. The third kappa shape index (κ3) is 6.69. The molecule has 4 aromatic carbocycles. The molecule has 1 aliphatic heterocycles. The van der Waals surface area contributed by atoms with Crippen molar-refractivity contribution in [2.75, 3.05) is 5.32 Å². The highest BCUT2D eigenvalue weighted by molar-refractivity contribution is 7.13. The van der Waals surface area contributed by atoms with Crippen molar-refractivity contribution in [1.82, 2.24) is 20.3 Å². The molecule has 10 heteroatoms. The molecular formula is C43H32N6O2S2. The van der Waals surface area contributed by atoms with E-state index in [2.05, 4.69) is 20.6 Å². The van der Waals surface area contributed by atoms with E-state index in [0.717, 1.165) is 54.5 Å². The number of aliphatic imine (C=N–C) groups is 1. The number of nitrogens with one attached hydrogen (secondary N) is 3. The van der Waals surface area contributed by atoms with Crippen molar-refractivity contribution >= 4 is 63.4 Å². The number of benzene rings is 4. The van der Waals surface area contributed by atoms with E-state index in [1.165, 1.54) is 22.7 Å². The van der Waals surface area contributed by atoms with Gasteiger partial charge in [-0.05, 0) is 54.3 Å². The zero-order valence-electron chi connectivity index (χ0n) is 28.8. The maximum atomic E-state index is 13.8. The molecule has 0 radical (unpaired) electrons. The Labute approximate surface area is 314 Å². The fourth-order valence-corrected chi connectivity index (χ4v) is 7.84. The van der Waals surface area contributed by atoms with Crippen molar-refractivity contribution < 1.29 is 9.59 Å². The van der Waals surface area contributed by atoms with Crippen molar-refractivity contribution in [2.24, 2.45) is 4.99 Å². The van der Waals surface area contributed by atoms with E-state index in [1.807, 2.05) is 134 Å². The molecule has 0 aliphatic carbocycles. The number of carbonyl (C=O) groups excluding carboxylic acids is 2. The summed E-state index contributed by atoms with van der Waals surface area (Å²) in [4.78, 5) is 45.7. The van der Waals surface area contributed by atoms with E-state index >= 15 is 0 Å². The minimum Gasteiger partial charge on any atom is -0.341 e. The summed E-state index contributed by atoms with van der Waals surface area (Å²) in [6.07, 6.45) is 5.49. The van der Waals surface area contributed by atoms with Crippen LogP contribution in [0.15, 0.2) is 143 Å². The van der Waals surface area contributed by atoms with Crippen LogP contribution in [0.2, 0.25) is 0 Å². The Morgan fingerprint density at radius 2 is 1.17 bits per heavy atom. The van der Waals surface area contributed by atoms with Crippen LogP contribution in [0.5, 0.6) is 0 Å². The number of hydrogen-bond acceptors (Lipinski definition) is 7. The maximum Gasteiger partial charge on any atom is 0.257 e. The number of nitrogens with zero attached hydrogens (tertiary/aromatic N) is 3. The second kappa shape index (κ2) is 14.6. The first-order valence-corrected chi connectivity index (χ1v) is 18.7. The van der Waals surface area contributed by atoms with Gasteiger partial charge in [-0.15, -0.1) is 22.7 Å². The predicted octanol–water partition coefficient (Wildman–Crippen LogP) is 9.92. The molecule has 0 unspecified atom stereocenters. The summed E-state index contributed by atoms with van der Waals surface area (Å²) >= 11 is 2.97. The highest BCUT2D eigenvalue weighted by Crippen LogP contribution is 2.45. The Morgan fingerprint density at radius 3 is 1.75 bits per heavy atom. The van der Waals surface area contributed by atoms with E-state index in [1.54, 1.807) is 18.5 Å². The lowest BCUT2D eigenvalue weighted by molar-refractivity contribution is 0.0975. The predicted molar refractivity (Wildman–Crippen MR) is 216 cm³/mol. The van der Waals surface area contributed by atoms with Gasteiger partial charge in [-0.2, -0.15) is 0 Å². The van der Waals surface area contributed by atoms with Gasteiger partial charge in [0.05, 0.1) is 22.5 Å². The number of carbonyl (C=O) groups is 2. The van der Waals surface area contributed by atoms with Gasteiger partial charge >= 0.3 is 0 Å². The lowest BCUT2D eigenvalue weighted by atomic mass is 9.96. The number of aromatic nitrogens is 3. The summed E-state index contributed by atoms with van der Waals surface area (Å²) < 4.78 is 0. The van der Waals surface area contributed by atoms with E-state index in [9.17, 15) is 9.59 Å². The van der Waals surface area contributed by atoms with Crippen LogP contribution in [-0.4, -0.2) is 32.6 Å². The van der Waals surface area contributed by atoms with Crippen LogP contribution in [0.4, 0.5) is 5.82 Å². The number of allylic oxidation sites excluding steroid dienone is 1. The number of amidine groups is 1. The number of hydrogen-bond donors (Lipinski definition) is 3. The van der Waals surface area contributed by atoms with Crippen LogP contribution < -0.4 is 10.6 Å². The third-order valence-electron chi connectivity index (χ3n) is 8.95. The minimum atomic E-state index is -0.262. The number of anilines is 1. The Morgan fingerprint density at radius 1 is 0.623 bits per heavy atom. The lowest BCUT2D eigenvalue weighted by Crippen LogP contribution is -2.31. The summed E-state index contributed by atoms with van der Waals surface area (Å²) in [5, 5.41) is 11.6. The fourth-order valence-electron chi connectivity index (χ4n) is 6.46. The van der Waals surface area contributed by atoms with Crippen molar-refractivity contribution in [3.05, 3.63) is 177 Å². The molecule has 3 N–H and O–H groups in total. The molecule has 8 rings (SSSR count). The first-order chi connectivity index (χ1) is 26.0. The van der Waals surface area contributed by atoms with Gasteiger partial charge in [0.1, 0.15) is 21.7 Å². The topological polar surface area (TPSA) is 112 Å². The van der Waals surface area contributed by atoms with Crippen LogP contribution in [0, 0.1) is 13.8 Å².